The molecule has 0 saturated carbocycles. The maximum atomic E-state index is 14.6. The molecule has 224 valence electrons. The zero-order chi connectivity index (χ0) is 31.3. The van der Waals surface area contributed by atoms with Crippen LogP contribution in [0.2, 0.25) is 0 Å². The molecule has 5 rings (SSSR count). The molecule has 0 amide bonds. The lowest BCUT2D eigenvalue weighted by Gasteiger charge is -2.09. The second kappa shape index (κ2) is 12.9. The fourth-order valence-electron chi connectivity index (χ4n) is 4.52. The van der Waals surface area contributed by atoms with E-state index in [0.29, 0.717) is 29.2 Å². The van der Waals surface area contributed by atoms with Crippen molar-refractivity contribution in [3.8, 4) is 22.4 Å². The minimum Gasteiger partial charge on any atom is -0.468 e. The lowest BCUT2D eigenvalue weighted by molar-refractivity contribution is -0.139. The predicted molar refractivity (Wildman–Crippen MR) is 159 cm³/mol. The van der Waals surface area contributed by atoms with Crippen molar-refractivity contribution >= 4 is 23.8 Å². The second-order valence-corrected chi connectivity index (χ2v) is 9.90. The average molecular weight is 604 g/mol. The fraction of sp³-hybridized carbons (Fsp3) is 0.118. The van der Waals surface area contributed by atoms with E-state index in [1.165, 1.54) is 25.3 Å². The molecular formula is C34H26F5N3O2. The number of benzene rings is 4. The number of alkyl halides is 3. The van der Waals surface area contributed by atoms with Crippen LogP contribution in [-0.2, 0) is 22.3 Å². The van der Waals surface area contributed by atoms with Gasteiger partial charge in [-0.05, 0) is 64.7 Å². The van der Waals surface area contributed by atoms with Crippen LogP contribution >= 0.6 is 0 Å². The summed E-state index contributed by atoms with van der Waals surface area (Å²) >= 11 is 0. The predicted octanol–water partition coefficient (Wildman–Crippen LogP) is 8.32. The molecule has 0 spiro atoms. The van der Waals surface area contributed by atoms with Crippen LogP contribution in [0.15, 0.2) is 97.2 Å². The number of hydrogen-bond acceptors (Lipinski definition) is 4. The summed E-state index contributed by atoms with van der Waals surface area (Å²) in [4.78, 5) is 16.0. The lowest BCUT2D eigenvalue weighted by atomic mass is 10.0. The van der Waals surface area contributed by atoms with E-state index >= 15 is 0 Å². The Morgan fingerprint density at radius 1 is 0.909 bits per heavy atom. The molecule has 0 saturated heterocycles. The summed E-state index contributed by atoms with van der Waals surface area (Å²) in [7, 11) is 1.31. The molecule has 0 unspecified atom stereocenters. The fourth-order valence-corrected chi connectivity index (χ4v) is 4.52. The smallest absolute Gasteiger partial charge is 0.416 e. The first-order valence-corrected chi connectivity index (χ1v) is 13.5. The number of halogens is 5. The number of methoxy groups -OCH3 is 1. The number of hydrogen-bond donors (Lipinski definition) is 1. The Bertz CT molecular complexity index is 1790. The Labute approximate surface area is 250 Å². The van der Waals surface area contributed by atoms with Gasteiger partial charge in [-0.2, -0.15) is 13.2 Å². The first-order chi connectivity index (χ1) is 21.1. The highest BCUT2D eigenvalue weighted by Gasteiger charge is 2.30. The Balaban J connectivity index is 1.40. The van der Waals surface area contributed by atoms with Crippen LogP contribution < -0.4 is 5.32 Å². The summed E-state index contributed by atoms with van der Waals surface area (Å²) in [6, 6.07) is 22.8. The van der Waals surface area contributed by atoms with Gasteiger partial charge in [0.25, 0.3) is 0 Å². The van der Waals surface area contributed by atoms with E-state index in [1.54, 1.807) is 48.7 Å². The van der Waals surface area contributed by atoms with Crippen molar-refractivity contribution in [2.24, 2.45) is 0 Å². The van der Waals surface area contributed by atoms with E-state index in [2.05, 4.69) is 15.0 Å². The van der Waals surface area contributed by atoms with Crippen LogP contribution in [0.3, 0.4) is 0 Å². The number of aromatic nitrogens is 2. The highest BCUT2D eigenvalue weighted by Crippen LogP contribution is 2.32. The lowest BCUT2D eigenvalue weighted by Crippen LogP contribution is -2.14. The maximum Gasteiger partial charge on any atom is 0.416 e. The molecule has 0 atom stereocenters. The third kappa shape index (κ3) is 7.38. The van der Waals surface area contributed by atoms with Crippen molar-refractivity contribution in [2.75, 3.05) is 19.0 Å². The Hall–Kier alpha value is -5.25. The van der Waals surface area contributed by atoms with Crippen LogP contribution in [0.1, 0.15) is 22.5 Å². The van der Waals surface area contributed by atoms with Gasteiger partial charge in [0, 0.05) is 30.1 Å². The second-order valence-electron chi connectivity index (χ2n) is 9.90. The van der Waals surface area contributed by atoms with Gasteiger partial charge in [0.05, 0.1) is 18.4 Å². The number of rotatable bonds is 9. The normalized spacial score (nSPS) is 11.6. The van der Waals surface area contributed by atoms with Gasteiger partial charge in [0.15, 0.2) is 0 Å². The molecule has 44 heavy (non-hydrogen) atoms. The van der Waals surface area contributed by atoms with Gasteiger partial charge in [-0.3, -0.25) is 4.79 Å². The Morgan fingerprint density at radius 2 is 1.66 bits per heavy atom. The van der Waals surface area contributed by atoms with Gasteiger partial charge < -0.3 is 14.6 Å². The minimum absolute atomic E-state index is 0.0276. The number of ether oxygens (including phenoxy) is 1. The van der Waals surface area contributed by atoms with Gasteiger partial charge >= 0.3 is 12.1 Å². The minimum atomic E-state index is -4.43. The monoisotopic (exact) mass is 603 g/mol. The summed E-state index contributed by atoms with van der Waals surface area (Å²) in [6.07, 6.45) is 0.783. The number of nitrogens with zero attached hydrogens (tertiary/aromatic N) is 2. The number of carbonyl (C=O) groups excluding carboxylic acids is 1. The first kappa shape index (κ1) is 30.2. The van der Waals surface area contributed by atoms with Crippen LogP contribution in [0.4, 0.5) is 27.6 Å². The summed E-state index contributed by atoms with van der Waals surface area (Å²) in [6.45, 7) is 0.404. The van der Waals surface area contributed by atoms with Crippen molar-refractivity contribution in [2.45, 2.75) is 12.7 Å². The Kier molecular flexibility index (Phi) is 8.89. The molecule has 1 aromatic heterocycles. The van der Waals surface area contributed by atoms with E-state index in [9.17, 15) is 26.7 Å². The number of esters is 1. The quantitative estimate of drug-likeness (QED) is 0.136. The zero-order valence-corrected chi connectivity index (χ0v) is 23.4. The number of imidazole rings is 1. The number of carbonyl (C=O) groups is 1. The van der Waals surface area contributed by atoms with Gasteiger partial charge in [-0.1, -0.05) is 54.6 Å². The van der Waals surface area contributed by atoms with E-state index in [4.69, 9.17) is 0 Å². The largest absolute Gasteiger partial charge is 0.468 e. The van der Waals surface area contributed by atoms with Crippen LogP contribution in [-0.4, -0.2) is 29.2 Å². The van der Waals surface area contributed by atoms with E-state index in [0.717, 1.165) is 35.0 Å². The molecule has 5 aromatic rings. The van der Waals surface area contributed by atoms with Crippen molar-refractivity contribution in [1.29, 1.82) is 0 Å². The summed E-state index contributed by atoms with van der Waals surface area (Å²) in [5.41, 5.74) is 3.23. The molecule has 0 aliphatic carbocycles. The molecule has 4 aromatic carbocycles. The molecule has 0 aliphatic heterocycles. The molecule has 0 fully saturated rings. The van der Waals surface area contributed by atoms with Gasteiger partial charge in [-0.25, -0.2) is 13.8 Å². The van der Waals surface area contributed by atoms with Crippen molar-refractivity contribution in [3.63, 3.8) is 0 Å². The highest BCUT2D eigenvalue weighted by molar-refractivity contribution is 5.75. The first-order valence-electron chi connectivity index (χ1n) is 13.5. The van der Waals surface area contributed by atoms with Gasteiger partial charge in [-0.15, -0.1) is 0 Å². The summed E-state index contributed by atoms with van der Waals surface area (Å²) in [5, 5.41) is 2.97. The molecule has 5 nitrogen and oxygen atoms in total. The summed E-state index contributed by atoms with van der Waals surface area (Å²) in [5.74, 6) is -1.33. The van der Waals surface area contributed by atoms with Crippen LogP contribution in [0.5, 0.6) is 0 Å². The third-order valence-corrected chi connectivity index (χ3v) is 6.84. The van der Waals surface area contributed by atoms with Gasteiger partial charge in [0.2, 0.25) is 0 Å². The van der Waals surface area contributed by atoms with E-state index in [1.807, 2.05) is 28.8 Å². The standard InChI is InChI=1S/C34H26F5N3O2/c1-44-33(43)19-40-28-13-7-23(8-14-28)20-42-21-31(29-15-12-27(35)18-30(29)36)41-32(42)16-9-22-5-10-24(11-6-22)25-3-2-4-26(17-25)34(37,38)39/h2-18,21,40H,19-20H2,1H3/b16-9+. The van der Waals surface area contributed by atoms with Crippen LogP contribution in [0, 0.1) is 11.6 Å². The number of anilines is 1. The Morgan fingerprint density at radius 3 is 2.34 bits per heavy atom. The molecule has 0 radical (unpaired) electrons. The molecule has 1 N–H and O–H groups in total. The third-order valence-electron chi connectivity index (χ3n) is 6.84. The van der Waals surface area contributed by atoms with Crippen molar-refractivity contribution in [1.82, 2.24) is 9.55 Å². The molecule has 10 heteroatoms. The zero-order valence-electron chi connectivity index (χ0n) is 23.4. The SMILES string of the molecule is COC(=O)CNc1ccc(Cn2cc(-c3ccc(F)cc3F)nc2/C=C/c2ccc(-c3cccc(C(F)(F)F)c3)cc2)cc1. The maximum absolute atomic E-state index is 14.6. The molecule has 0 aliphatic rings. The van der Waals surface area contributed by atoms with E-state index < -0.39 is 29.3 Å². The number of nitrogens with one attached hydrogen (secondary N) is 1. The molecule has 1 heterocycles. The molecule has 0 bridgehead atoms. The highest BCUT2D eigenvalue weighted by atomic mass is 19.4. The van der Waals surface area contributed by atoms with Crippen LogP contribution in [0.25, 0.3) is 34.5 Å². The summed E-state index contributed by atoms with van der Waals surface area (Å²) < 4.78 is 74.0. The topological polar surface area (TPSA) is 56.1 Å². The van der Waals surface area contributed by atoms with Crippen molar-refractivity contribution in [3.05, 3.63) is 131 Å². The van der Waals surface area contributed by atoms with Crippen molar-refractivity contribution < 1.29 is 31.5 Å². The van der Waals surface area contributed by atoms with Gasteiger partial charge in [0.1, 0.15) is 24.0 Å². The molecular weight excluding hydrogens is 577 g/mol. The van der Waals surface area contributed by atoms with E-state index in [-0.39, 0.29) is 12.1 Å². The average Bonchev–Trinajstić information content (AvgIpc) is 3.41.